The number of anilines is 1. The lowest BCUT2D eigenvalue weighted by Gasteiger charge is -2.20. The van der Waals surface area contributed by atoms with Crippen molar-refractivity contribution in [2.75, 3.05) is 11.9 Å². The van der Waals surface area contributed by atoms with Crippen LogP contribution >= 0.6 is 12.2 Å². The van der Waals surface area contributed by atoms with Crippen LogP contribution in [0.25, 0.3) is 0 Å². The summed E-state index contributed by atoms with van der Waals surface area (Å²) in [5, 5.41) is 8.98. The fourth-order valence-electron chi connectivity index (χ4n) is 1.89. The number of carbonyl (C=O) groups excluding carboxylic acids is 1. The molecule has 1 aromatic carbocycles. The van der Waals surface area contributed by atoms with Crippen molar-refractivity contribution in [1.29, 1.82) is 0 Å². The molecule has 0 bridgehead atoms. The van der Waals surface area contributed by atoms with E-state index in [-0.39, 0.29) is 5.91 Å². The number of hydrogen-bond donors (Lipinski definition) is 3. The van der Waals surface area contributed by atoms with Gasteiger partial charge in [-0.3, -0.25) is 4.79 Å². The van der Waals surface area contributed by atoms with Gasteiger partial charge in [-0.2, -0.15) is 0 Å². The Kier molecular flexibility index (Phi) is 6.88. The molecule has 1 aliphatic heterocycles. The monoisotopic (exact) mass is 305 g/mol. The van der Waals surface area contributed by atoms with Gasteiger partial charge in [0.15, 0.2) is 5.11 Å². The standard InChI is InChI=1S/C11H13N.C5H10N2OS/c1-8-7-10-5-3-4-6-11(10)12-9(8)2;1-3-6-5(9)7-4(2)8/h3-6,12H,7H2,1-2H3;3H2,1-2H3,(H2,6,7,8,9). The Morgan fingerprint density at radius 3 is 2.62 bits per heavy atom. The molecule has 2 rings (SSSR count). The Morgan fingerprint density at radius 1 is 1.33 bits per heavy atom. The molecule has 3 N–H and O–H groups in total. The fraction of sp³-hybridized carbons (Fsp3) is 0.375. The van der Waals surface area contributed by atoms with Crippen molar-refractivity contribution >= 4 is 28.9 Å². The molecule has 1 aromatic rings. The van der Waals surface area contributed by atoms with Gasteiger partial charge in [0.25, 0.3) is 0 Å². The molecule has 1 amide bonds. The van der Waals surface area contributed by atoms with Crippen LogP contribution in [0.15, 0.2) is 35.5 Å². The molecule has 4 nitrogen and oxygen atoms in total. The molecule has 5 heteroatoms. The van der Waals surface area contributed by atoms with Crippen LogP contribution in [-0.2, 0) is 11.2 Å². The van der Waals surface area contributed by atoms with Gasteiger partial charge in [-0.25, -0.2) is 0 Å². The summed E-state index contributed by atoms with van der Waals surface area (Å²) in [5.41, 5.74) is 5.41. The highest BCUT2D eigenvalue weighted by Gasteiger charge is 2.09. The number of hydrogen-bond acceptors (Lipinski definition) is 3. The summed E-state index contributed by atoms with van der Waals surface area (Å²) >= 11 is 4.69. The van der Waals surface area contributed by atoms with Gasteiger partial charge in [-0.15, -0.1) is 0 Å². The summed E-state index contributed by atoms with van der Waals surface area (Å²) in [4.78, 5) is 10.3. The third-order valence-corrected chi connectivity index (χ3v) is 3.31. The van der Waals surface area contributed by atoms with Gasteiger partial charge in [0.05, 0.1) is 0 Å². The summed E-state index contributed by atoms with van der Waals surface area (Å²) in [6, 6.07) is 8.47. The first kappa shape index (κ1) is 17.2. The lowest BCUT2D eigenvalue weighted by Crippen LogP contribution is -2.37. The Balaban J connectivity index is 0.000000222. The molecular weight excluding hydrogens is 282 g/mol. The summed E-state index contributed by atoms with van der Waals surface area (Å²) in [6.45, 7) is 8.38. The van der Waals surface area contributed by atoms with Gasteiger partial charge in [0.1, 0.15) is 0 Å². The van der Waals surface area contributed by atoms with E-state index in [0.29, 0.717) is 5.11 Å². The summed E-state index contributed by atoms with van der Waals surface area (Å²) in [5.74, 6) is -0.138. The maximum Gasteiger partial charge on any atom is 0.222 e. The van der Waals surface area contributed by atoms with Crippen LogP contribution in [0.1, 0.15) is 33.3 Å². The highest BCUT2D eigenvalue weighted by Crippen LogP contribution is 2.26. The Morgan fingerprint density at radius 2 is 2.00 bits per heavy atom. The van der Waals surface area contributed by atoms with E-state index in [1.54, 1.807) is 0 Å². The Bertz CT molecular complexity index is 519. The molecular formula is C16H23N3OS. The molecule has 0 spiro atoms. The van der Waals surface area contributed by atoms with Crippen molar-refractivity contribution in [3.05, 3.63) is 41.1 Å². The zero-order valence-electron chi connectivity index (χ0n) is 13.0. The number of nitrogens with one attached hydrogen (secondary N) is 3. The van der Waals surface area contributed by atoms with E-state index in [1.807, 2.05) is 6.92 Å². The molecule has 21 heavy (non-hydrogen) atoms. The molecule has 0 aromatic heterocycles. The highest BCUT2D eigenvalue weighted by atomic mass is 32.1. The van der Waals surface area contributed by atoms with Crippen molar-refractivity contribution in [3.8, 4) is 0 Å². The normalized spacial score (nSPS) is 12.4. The number of para-hydroxylation sites is 1. The number of rotatable bonds is 1. The van der Waals surface area contributed by atoms with Crippen molar-refractivity contribution in [3.63, 3.8) is 0 Å². The van der Waals surface area contributed by atoms with E-state index in [4.69, 9.17) is 0 Å². The minimum absolute atomic E-state index is 0.138. The van der Waals surface area contributed by atoms with E-state index in [9.17, 15) is 4.79 Å². The second-order valence-electron chi connectivity index (χ2n) is 4.90. The zero-order valence-corrected chi connectivity index (χ0v) is 13.9. The molecule has 1 heterocycles. The van der Waals surface area contributed by atoms with Crippen LogP contribution < -0.4 is 16.0 Å². The lowest BCUT2D eigenvalue weighted by molar-refractivity contribution is -0.117. The molecule has 0 saturated heterocycles. The quantitative estimate of drug-likeness (QED) is 0.698. The fourth-order valence-corrected chi connectivity index (χ4v) is 2.18. The Labute approximate surface area is 132 Å². The van der Waals surface area contributed by atoms with E-state index >= 15 is 0 Å². The zero-order chi connectivity index (χ0) is 15.8. The topological polar surface area (TPSA) is 53.2 Å². The predicted molar refractivity (Wildman–Crippen MR) is 92.2 cm³/mol. The van der Waals surface area contributed by atoms with Crippen LogP contribution in [0.5, 0.6) is 0 Å². The van der Waals surface area contributed by atoms with Gasteiger partial charge in [-0.1, -0.05) is 18.2 Å². The first-order valence-electron chi connectivity index (χ1n) is 7.00. The number of carbonyl (C=O) groups is 1. The van der Waals surface area contributed by atoms with E-state index < -0.39 is 0 Å². The molecule has 0 saturated carbocycles. The maximum absolute atomic E-state index is 10.3. The SMILES string of the molecule is CC1=C(C)Nc2ccccc2C1.CCNC(=S)NC(C)=O. The van der Waals surface area contributed by atoms with Gasteiger partial charge < -0.3 is 16.0 Å². The van der Waals surface area contributed by atoms with Crippen molar-refractivity contribution in [2.45, 2.75) is 34.1 Å². The van der Waals surface area contributed by atoms with E-state index in [0.717, 1.165) is 13.0 Å². The molecule has 0 fully saturated rings. The van der Waals surface area contributed by atoms with Crippen LogP contribution in [0.2, 0.25) is 0 Å². The smallest absolute Gasteiger partial charge is 0.222 e. The average Bonchev–Trinajstić information content (AvgIpc) is 2.40. The molecule has 0 atom stereocenters. The van der Waals surface area contributed by atoms with Gasteiger partial charge in [0, 0.05) is 24.9 Å². The van der Waals surface area contributed by atoms with Gasteiger partial charge >= 0.3 is 0 Å². The largest absolute Gasteiger partial charge is 0.363 e. The number of amides is 1. The van der Waals surface area contributed by atoms with Crippen LogP contribution in [0, 0.1) is 0 Å². The number of fused-ring (bicyclic) bond motifs is 1. The highest BCUT2D eigenvalue weighted by molar-refractivity contribution is 7.80. The van der Waals surface area contributed by atoms with Gasteiger partial charge in [0.2, 0.25) is 5.91 Å². The molecule has 114 valence electrons. The van der Waals surface area contributed by atoms with Crippen LogP contribution in [0.3, 0.4) is 0 Å². The first-order valence-corrected chi connectivity index (χ1v) is 7.41. The predicted octanol–water partition coefficient (Wildman–Crippen LogP) is 2.97. The van der Waals surface area contributed by atoms with Crippen molar-refractivity contribution in [1.82, 2.24) is 10.6 Å². The summed E-state index contributed by atoms with van der Waals surface area (Å²) in [6.07, 6.45) is 1.09. The van der Waals surface area contributed by atoms with Crippen molar-refractivity contribution < 1.29 is 4.79 Å². The van der Waals surface area contributed by atoms with Crippen molar-refractivity contribution in [2.24, 2.45) is 0 Å². The first-order chi connectivity index (χ1) is 9.93. The van der Waals surface area contributed by atoms with Crippen LogP contribution in [0.4, 0.5) is 5.69 Å². The van der Waals surface area contributed by atoms with E-state index in [1.165, 1.54) is 29.4 Å². The summed E-state index contributed by atoms with van der Waals surface area (Å²) in [7, 11) is 0. The second kappa shape index (κ2) is 8.42. The lowest BCUT2D eigenvalue weighted by atomic mass is 9.99. The Hall–Kier alpha value is -1.88. The third-order valence-electron chi connectivity index (χ3n) is 3.06. The molecule has 1 aliphatic rings. The number of benzene rings is 1. The molecule has 0 radical (unpaired) electrons. The van der Waals surface area contributed by atoms with Gasteiger partial charge in [-0.05, 0) is 56.6 Å². The minimum atomic E-state index is -0.138. The van der Waals surface area contributed by atoms with E-state index in [2.05, 4.69) is 66.3 Å². The molecule has 0 aliphatic carbocycles. The number of allylic oxidation sites excluding steroid dienone is 2. The third kappa shape index (κ3) is 5.95. The molecule has 0 unspecified atom stereocenters. The summed E-state index contributed by atoms with van der Waals surface area (Å²) < 4.78 is 0. The maximum atomic E-state index is 10.3. The number of thiocarbonyl (C=S) groups is 1. The van der Waals surface area contributed by atoms with Crippen LogP contribution in [-0.4, -0.2) is 17.6 Å². The second-order valence-corrected chi connectivity index (χ2v) is 5.31. The minimum Gasteiger partial charge on any atom is -0.363 e. The average molecular weight is 305 g/mol.